The minimum atomic E-state index is 0.117. The Morgan fingerprint density at radius 2 is 2.00 bits per heavy atom. The lowest BCUT2D eigenvalue weighted by molar-refractivity contribution is -0.132. The predicted octanol–water partition coefficient (Wildman–Crippen LogP) is 3.31. The van der Waals surface area contributed by atoms with E-state index in [2.05, 4.69) is 6.07 Å². The lowest BCUT2D eigenvalue weighted by Crippen LogP contribution is -2.37. The third-order valence-electron chi connectivity index (χ3n) is 3.25. The maximum atomic E-state index is 12.5. The first kappa shape index (κ1) is 14.6. The van der Waals surface area contributed by atoms with Gasteiger partial charge in [-0.3, -0.25) is 4.79 Å². The molecular formula is C16H20N2OS. The highest BCUT2D eigenvalue weighted by molar-refractivity contribution is 7.09. The Bertz CT molecular complexity index is 564. The largest absolute Gasteiger partial charge is 0.398 e. The van der Waals surface area contributed by atoms with E-state index in [4.69, 9.17) is 5.73 Å². The Morgan fingerprint density at radius 3 is 2.60 bits per heavy atom. The first-order chi connectivity index (χ1) is 9.58. The molecule has 0 aliphatic rings. The van der Waals surface area contributed by atoms with E-state index < -0.39 is 0 Å². The lowest BCUT2D eigenvalue weighted by atomic mass is 10.1. The average molecular weight is 288 g/mol. The zero-order valence-corrected chi connectivity index (χ0v) is 12.7. The minimum absolute atomic E-state index is 0.117. The van der Waals surface area contributed by atoms with Crippen LogP contribution in [0.1, 0.15) is 24.3 Å². The molecule has 2 aromatic rings. The SMILES string of the molecule is CC(C)N(Cc1cccs1)C(=O)Cc1ccccc1N. The fourth-order valence-electron chi connectivity index (χ4n) is 2.09. The Morgan fingerprint density at radius 1 is 1.25 bits per heavy atom. The fraction of sp³-hybridized carbons (Fsp3) is 0.312. The van der Waals surface area contributed by atoms with Gasteiger partial charge in [-0.2, -0.15) is 0 Å². The van der Waals surface area contributed by atoms with Crippen LogP contribution in [0.4, 0.5) is 5.69 Å². The van der Waals surface area contributed by atoms with E-state index in [9.17, 15) is 4.79 Å². The highest BCUT2D eigenvalue weighted by Gasteiger charge is 2.18. The molecule has 1 heterocycles. The van der Waals surface area contributed by atoms with Crippen molar-refractivity contribution in [1.82, 2.24) is 4.90 Å². The summed E-state index contributed by atoms with van der Waals surface area (Å²) in [4.78, 5) is 15.6. The van der Waals surface area contributed by atoms with E-state index in [-0.39, 0.29) is 11.9 Å². The van der Waals surface area contributed by atoms with Gasteiger partial charge >= 0.3 is 0 Å². The molecule has 0 saturated carbocycles. The third-order valence-corrected chi connectivity index (χ3v) is 4.11. The summed E-state index contributed by atoms with van der Waals surface area (Å²) in [6, 6.07) is 11.8. The molecule has 1 aromatic carbocycles. The van der Waals surface area contributed by atoms with Crippen LogP contribution in [-0.4, -0.2) is 16.8 Å². The standard InChI is InChI=1S/C16H20N2OS/c1-12(2)18(11-14-7-5-9-20-14)16(19)10-13-6-3-4-8-15(13)17/h3-9,12H,10-11,17H2,1-2H3. The number of amides is 1. The highest BCUT2D eigenvalue weighted by Crippen LogP contribution is 2.17. The molecule has 0 unspecified atom stereocenters. The van der Waals surface area contributed by atoms with Crippen LogP contribution in [-0.2, 0) is 17.8 Å². The summed E-state index contributed by atoms with van der Waals surface area (Å²) in [5.74, 6) is 0.117. The number of carbonyl (C=O) groups excluding carboxylic acids is 1. The van der Waals surface area contributed by atoms with Crippen molar-refractivity contribution in [3.05, 3.63) is 52.2 Å². The van der Waals surface area contributed by atoms with E-state index in [0.717, 1.165) is 5.56 Å². The highest BCUT2D eigenvalue weighted by atomic mass is 32.1. The van der Waals surface area contributed by atoms with Crippen LogP contribution in [0.15, 0.2) is 41.8 Å². The van der Waals surface area contributed by atoms with Crippen molar-refractivity contribution in [1.29, 1.82) is 0 Å². The van der Waals surface area contributed by atoms with Crippen LogP contribution in [0.25, 0.3) is 0 Å². The van der Waals surface area contributed by atoms with Crippen LogP contribution < -0.4 is 5.73 Å². The Kier molecular flexibility index (Phi) is 4.79. The van der Waals surface area contributed by atoms with Crippen molar-refractivity contribution in [2.75, 3.05) is 5.73 Å². The Labute approximate surface area is 124 Å². The van der Waals surface area contributed by atoms with Gasteiger partial charge in [-0.1, -0.05) is 24.3 Å². The van der Waals surface area contributed by atoms with E-state index in [1.165, 1.54) is 4.88 Å². The molecule has 20 heavy (non-hydrogen) atoms. The number of nitrogens with two attached hydrogens (primary N) is 1. The molecule has 2 rings (SSSR count). The fourth-order valence-corrected chi connectivity index (χ4v) is 2.79. The van der Waals surface area contributed by atoms with Gasteiger partial charge in [0.25, 0.3) is 0 Å². The molecule has 1 aromatic heterocycles. The molecule has 0 aliphatic heterocycles. The average Bonchev–Trinajstić information content (AvgIpc) is 2.91. The molecule has 0 atom stereocenters. The van der Waals surface area contributed by atoms with Crippen LogP contribution in [0.3, 0.4) is 0 Å². The second kappa shape index (κ2) is 6.57. The summed E-state index contributed by atoms with van der Waals surface area (Å²) in [6.07, 6.45) is 0.357. The lowest BCUT2D eigenvalue weighted by Gasteiger charge is -2.26. The summed E-state index contributed by atoms with van der Waals surface area (Å²) in [7, 11) is 0. The second-order valence-corrected chi connectivity index (χ2v) is 6.10. The van der Waals surface area contributed by atoms with Crippen molar-refractivity contribution in [3.63, 3.8) is 0 Å². The van der Waals surface area contributed by atoms with E-state index in [0.29, 0.717) is 18.7 Å². The van der Waals surface area contributed by atoms with Gasteiger partial charge in [0.05, 0.1) is 13.0 Å². The molecule has 106 valence electrons. The number of thiophene rings is 1. The maximum Gasteiger partial charge on any atom is 0.227 e. The van der Waals surface area contributed by atoms with Gasteiger partial charge < -0.3 is 10.6 Å². The zero-order chi connectivity index (χ0) is 14.5. The van der Waals surface area contributed by atoms with Crippen molar-refractivity contribution < 1.29 is 4.79 Å². The third kappa shape index (κ3) is 3.61. The summed E-state index contributed by atoms with van der Waals surface area (Å²) < 4.78 is 0. The van der Waals surface area contributed by atoms with E-state index in [1.807, 2.05) is 54.5 Å². The Balaban J connectivity index is 2.09. The van der Waals surface area contributed by atoms with Crippen LogP contribution >= 0.6 is 11.3 Å². The predicted molar refractivity (Wildman–Crippen MR) is 84.6 cm³/mol. The molecule has 3 nitrogen and oxygen atoms in total. The van der Waals surface area contributed by atoms with Crippen molar-refractivity contribution in [3.8, 4) is 0 Å². The molecule has 0 radical (unpaired) electrons. The van der Waals surface area contributed by atoms with E-state index >= 15 is 0 Å². The maximum absolute atomic E-state index is 12.5. The van der Waals surface area contributed by atoms with Crippen molar-refractivity contribution in [2.24, 2.45) is 0 Å². The topological polar surface area (TPSA) is 46.3 Å². The summed E-state index contributed by atoms with van der Waals surface area (Å²) >= 11 is 1.68. The number of rotatable bonds is 5. The number of nitrogen functional groups attached to an aromatic ring is 1. The molecule has 2 N–H and O–H groups in total. The number of para-hydroxylation sites is 1. The summed E-state index contributed by atoms with van der Waals surface area (Å²) in [5.41, 5.74) is 7.49. The molecule has 0 spiro atoms. The number of hydrogen-bond donors (Lipinski definition) is 1. The van der Waals surface area contributed by atoms with Crippen LogP contribution in [0.2, 0.25) is 0 Å². The normalized spacial score (nSPS) is 10.8. The second-order valence-electron chi connectivity index (χ2n) is 5.07. The number of carbonyl (C=O) groups is 1. The molecular weight excluding hydrogens is 268 g/mol. The summed E-state index contributed by atoms with van der Waals surface area (Å²) in [5, 5.41) is 2.04. The van der Waals surface area contributed by atoms with Gasteiger partial charge in [-0.15, -0.1) is 11.3 Å². The Hall–Kier alpha value is -1.81. The first-order valence-electron chi connectivity index (χ1n) is 6.73. The smallest absolute Gasteiger partial charge is 0.227 e. The van der Waals surface area contributed by atoms with Gasteiger partial charge in [0.1, 0.15) is 0 Å². The molecule has 0 fully saturated rings. The van der Waals surface area contributed by atoms with Gasteiger partial charge in [0, 0.05) is 16.6 Å². The van der Waals surface area contributed by atoms with Gasteiger partial charge in [-0.25, -0.2) is 0 Å². The number of anilines is 1. The zero-order valence-electron chi connectivity index (χ0n) is 11.9. The number of nitrogens with zero attached hydrogens (tertiary/aromatic N) is 1. The molecule has 0 bridgehead atoms. The van der Waals surface area contributed by atoms with Gasteiger partial charge in [-0.05, 0) is 36.9 Å². The quantitative estimate of drug-likeness (QED) is 0.858. The molecule has 0 aliphatic carbocycles. The number of benzene rings is 1. The van der Waals surface area contributed by atoms with Crippen molar-refractivity contribution >= 4 is 22.9 Å². The van der Waals surface area contributed by atoms with Crippen LogP contribution in [0, 0.1) is 0 Å². The van der Waals surface area contributed by atoms with Crippen molar-refractivity contribution in [2.45, 2.75) is 32.9 Å². The van der Waals surface area contributed by atoms with Crippen LogP contribution in [0.5, 0.6) is 0 Å². The monoisotopic (exact) mass is 288 g/mol. The molecule has 4 heteroatoms. The van der Waals surface area contributed by atoms with Gasteiger partial charge in [0.15, 0.2) is 0 Å². The first-order valence-corrected chi connectivity index (χ1v) is 7.61. The molecule has 1 amide bonds. The molecule has 0 saturated heterocycles. The van der Waals surface area contributed by atoms with E-state index in [1.54, 1.807) is 11.3 Å². The van der Waals surface area contributed by atoms with Gasteiger partial charge in [0.2, 0.25) is 5.91 Å². The minimum Gasteiger partial charge on any atom is -0.398 e. The number of hydrogen-bond acceptors (Lipinski definition) is 3. The summed E-state index contributed by atoms with van der Waals surface area (Å²) in [6.45, 7) is 4.75.